The average Bonchev–Trinajstić information content (AvgIpc) is 2.66. The van der Waals surface area contributed by atoms with Crippen molar-refractivity contribution < 1.29 is 32.6 Å². The number of rotatable bonds is 4. The molecule has 2 aromatic rings. The van der Waals surface area contributed by atoms with Crippen LogP contribution in [0.25, 0.3) is 0 Å². The van der Waals surface area contributed by atoms with E-state index in [1.165, 1.54) is 49.6 Å². The van der Waals surface area contributed by atoms with Gasteiger partial charge in [-0.05, 0) is 18.2 Å². The van der Waals surface area contributed by atoms with Crippen LogP contribution in [-0.2, 0) is 10.5 Å². The van der Waals surface area contributed by atoms with E-state index in [0.29, 0.717) is 0 Å². The van der Waals surface area contributed by atoms with Crippen LogP contribution in [0.3, 0.4) is 0 Å². The molecular formula is C19H16ClF3N2O4. The Hall–Kier alpha value is -2.78. The van der Waals surface area contributed by atoms with E-state index in [4.69, 9.17) is 16.3 Å². The third-order valence-corrected chi connectivity index (χ3v) is 4.95. The molecule has 0 aromatic heterocycles. The lowest BCUT2D eigenvalue weighted by Crippen LogP contribution is -2.66. The minimum Gasteiger partial charge on any atom is -0.496 e. The molecule has 29 heavy (non-hydrogen) atoms. The summed E-state index contributed by atoms with van der Waals surface area (Å²) in [5.41, 5.74) is -2.66. The highest BCUT2D eigenvalue weighted by Gasteiger charge is 2.59. The quantitative estimate of drug-likeness (QED) is 0.697. The Morgan fingerprint density at radius 1 is 1.17 bits per heavy atom. The van der Waals surface area contributed by atoms with Gasteiger partial charge >= 0.3 is 12.2 Å². The lowest BCUT2D eigenvalue weighted by molar-refractivity contribution is -0.190. The number of hydrogen-bond donors (Lipinski definition) is 3. The Labute approximate surface area is 168 Å². The number of alkyl halides is 3. The van der Waals surface area contributed by atoms with Crippen molar-refractivity contribution >= 4 is 23.4 Å². The van der Waals surface area contributed by atoms with Crippen LogP contribution in [0.1, 0.15) is 17.2 Å². The number of amides is 2. The van der Waals surface area contributed by atoms with Crippen LogP contribution in [0.15, 0.2) is 48.5 Å². The molecule has 0 radical (unpaired) electrons. The van der Waals surface area contributed by atoms with E-state index in [9.17, 15) is 27.9 Å². The number of benzene rings is 2. The van der Waals surface area contributed by atoms with Gasteiger partial charge in [0, 0.05) is 16.1 Å². The number of nitrogens with one attached hydrogen (secondary N) is 2. The van der Waals surface area contributed by atoms with Crippen molar-refractivity contribution in [2.45, 2.75) is 17.9 Å². The maximum absolute atomic E-state index is 13.5. The van der Waals surface area contributed by atoms with Crippen LogP contribution in [-0.4, -0.2) is 30.2 Å². The zero-order valence-corrected chi connectivity index (χ0v) is 15.7. The second kappa shape index (κ2) is 7.57. The van der Waals surface area contributed by atoms with Crippen LogP contribution < -0.4 is 15.4 Å². The minimum atomic E-state index is -5.27. The monoisotopic (exact) mass is 428 g/mol. The van der Waals surface area contributed by atoms with Crippen LogP contribution in [0.5, 0.6) is 5.75 Å². The molecule has 3 atom stereocenters. The SMILES string of the molecule is COc1ccccc1[C@@H]1NC(=O)N[C@@](O)(c2ccc(Cl)cc2)[C@H]1C(=O)C(F)(F)F. The fourth-order valence-electron chi connectivity index (χ4n) is 3.41. The summed E-state index contributed by atoms with van der Waals surface area (Å²) in [6.07, 6.45) is -5.27. The number of carbonyl (C=O) groups is 2. The predicted octanol–water partition coefficient (Wildman–Crippen LogP) is 3.30. The largest absolute Gasteiger partial charge is 0.496 e. The van der Waals surface area contributed by atoms with Crippen LogP contribution in [0, 0.1) is 5.92 Å². The number of ketones is 1. The molecular weight excluding hydrogens is 413 g/mol. The average molecular weight is 429 g/mol. The number of carbonyl (C=O) groups excluding carboxylic acids is 2. The molecule has 1 aliphatic heterocycles. The summed E-state index contributed by atoms with van der Waals surface area (Å²) in [6, 6.07) is 8.65. The zero-order chi connectivity index (χ0) is 21.4. The number of halogens is 4. The molecule has 1 heterocycles. The van der Waals surface area contributed by atoms with Crippen LogP contribution >= 0.6 is 11.6 Å². The third-order valence-electron chi connectivity index (χ3n) is 4.69. The second-order valence-corrected chi connectivity index (χ2v) is 6.87. The molecule has 1 fully saturated rings. The fourth-order valence-corrected chi connectivity index (χ4v) is 3.53. The summed E-state index contributed by atoms with van der Waals surface area (Å²) >= 11 is 5.82. The van der Waals surface area contributed by atoms with E-state index in [-0.39, 0.29) is 21.9 Å². The first-order chi connectivity index (χ1) is 13.6. The molecule has 0 unspecified atom stereocenters. The number of ether oxygens (including phenoxy) is 1. The van der Waals surface area contributed by atoms with Gasteiger partial charge in [-0.15, -0.1) is 0 Å². The smallest absolute Gasteiger partial charge is 0.450 e. The van der Waals surface area contributed by atoms with E-state index in [1.807, 2.05) is 0 Å². The molecule has 1 aliphatic rings. The van der Waals surface area contributed by atoms with Gasteiger partial charge < -0.3 is 20.5 Å². The zero-order valence-electron chi connectivity index (χ0n) is 15.0. The summed E-state index contributed by atoms with van der Waals surface area (Å²) < 4.78 is 45.6. The Morgan fingerprint density at radius 2 is 1.79 bits per heavy atom. The molecule has 3 rings (SSSR count). The normalized spacial score (nSPS) is 24.4. The maximum atomic E-state index is 13.5. The molecule has 10 heteroatoms. The van der Waals surface area contributed by atoms with Crippen molar-refractivity contribution in [3.8, 4) is 5.75 Å². The molecule has 1 saturated heterocycles. The van der Waals surface area contributed by atoms with Gasteiger partial charge in [-0.3, -0.25) is 4.79 Å². The highest BCUT2D eigenvalue weighted by Crippen LogP contribution is 2.44. The van der Waals surface area contributed by atoms with E-state index in [2.05, 4.69) is 10.6 Å². The first-order valence-electron chi connectivity index (χ1n) is 8.39. The molecule has 0 bridgehead atoms. The van der Waals surface area contributed by atoms with E-state index in [1.54, 1.807) is 6.07 Å². The molecule has 2 aromatic carbocycles. The highest BCUT2D eigenvalue weighted by atomic mass is 35.5. The van der Waals surface area contributed by atoms with Gasteiger partial charge in [0.2, 0.25) is 5.78 Å². The van der Waals surface area contributed by atoms with Gasteiger partial charge in [-0.2, -0.15) is 13.2 Å². The fraction of sp³-hybridized carbons (Fsp3) is 0.263. The number of hydrogen-bond acceptors (Lipinski definition) is 4. The van der Waals surface area contributed by atoms with Crippen LogP contribution in [0.4, 0.5) is 18.0 Å². The first kappa shape index (κ1) is 20.9. The lowest BCUT2D eigenvalue weighted by atomic mass is 9.76. The standard InChI is InChI=1S/C19H16ClF3N2O4/c1-29-13-5-3-2-4-12(13)15-14(16(26)19(21,22)23)18(28,25-17(27)24-15)10-6-8-11(20)9-7-10/h2-9,14-15,28H,1H3,(H2,24,25,27)/t14-,15+,18-/m1/s1. The Bertz CT molecular complexity index is 936. The summed E-state index contributed by atoms with van der Waals surface area (Å²) in [5.74, 6) is -4.20. The van der Waals surface area contributed by atoms with Crippen LogP contribution in [0.2, 0.25) is 5.02 Å². The maximum Gasteiger partial charge on any atom is 0.450 e. The van der Waals surface area contributed by atoms with Gasteiger partial charge in [-0.25, -0.2) is 4.79 Å². The van der Waals surface area contributed by atoms with Gasteiger partial charge in [0.05, 0.1) is 13.2 Å². The molecule has 6 nitrogen and oxygen atoms in total. The first-order valence-corrected chi connectivity index (χ1v) is 8.76. The summed E-state index contributed by atoms with van der Waals surface area (Å²) in [4.78, 5) is 24.7. The van der Waals surface area contributed by atoms with Crippen molar-refractivity contribution in [1.82, 2.24) is 10.6 Å². The lowest BCUT2D eigenvalue weighted by Gasteiger charge is -2.45. The van der Waals surface area contributed by atoms with E-state index in [0.717, 1.165) is 0 Å². The van der Waals surface area contributed by atoms with Gasteiger partial charge in [0.1, 0.15) is 11.7 Å². The summed E-state index contributed by atoms with van der Waals surface area (Å²) in [5, 5.41) is 15.9. The number of aliphatic hydroxyl groups is 1. The summed E-state index contributed by atoms with van der Waals surface area (Å²) in [6.45, 7) is 0. The predicted molar refractivity (Wildman–Crippen MR) is 97.3 cm³/mol. The molecule has 3 N–H and O–H groups in total. The van der Waals surface area contributed by atoms with Crippen molar-refractivity contribution in [2.24, 2.45) is 5.92 Å². The van der Waals surface area contributed by atoms with Crippen molar-refractivity contribution in [3.05, 3.63) is 64.7 Å². The van der Waals surface area contributed by atoms with E-state index < -0.39 is 35.7 Å². The number of para-hydroxylation sites is 1. The summed E-state index contributed by atoms with van der Waals surface area (Å²) in [7, 11) is 1.30. The van der Waals surface area contributed by atoms with Gasteiger partial charge in [-0.1, -0.05) is 41.9 Å². The van der Waals surface area contributed by atoms with Crippen molar-refractivity contribution in [1.29, 1.82) is 0 Å². The Balaban J connectivity index is 2.22. The van der Waals surface area contributed by atoms with Gasteiger partial charge in [0.25, 0.3) is 0 Å². The molecule has 2 amide bonds. The molecule has 154 valence electrons. The highest BCUT2D eigenvalue weighted by molar-refractivity contribution is 6.30. The number of methoxy groups -OCH3 is 1. The second-order valence-electron chi connectivity index (χ2n) is 6.43. The Kier molecular flexibility index (Phi) is 5.46. The number of Topliss-reactive ketones (excluding diaryl/α,β-unsaturated/α-hetero) is 1. The van der Waals surface area contributed by atoms with Crippen molar-refractivity contribution in [3.63, 3.8) is 0 Å². The molecule has 0 aliphatic carbocycles. The van der Waals surface area contributed by atoms with E-state index >= 15 is 0 Å². The Morgan fingerprint density at radius 3 is 2.38 bits per heavy atom. The molecule has 0 saturated carbocycles. The molecule has 0 spiro atoms. The number of urea groups is 1. The van der Waals surface area contributed by atoms with Crippen molar-refractivity contribution in [2.75, 3.05) is 7.11 Å². The van der Waals surface area contributed by atoms with Gasteiger partial charge in [0.15, 0.2) is 5.72 Å². The third kappa shape index (κ3) is 3.88. The topological polar surface area (TPSA) is 87.7 Å². The minimum absolute atomic E-state index is 0.111.